The van der Waals surface area contributed by atoms with Gasteiger partial charge in [0.25, 0.3) is 5.69 Å². The summed E-state index contributed by atoms with van der Waals surface area (Å²) < 4.78 is 11.3. The van der Waals surface area contributed by atoms with Crippen molar-refractivity contribution in [1.29, 1.82) is 0 Å². The molecule has 0 bridgehead atoms. The van der Waals surface area contributed by atoms with Crippen LogP contribution in [0.15, 0.2) is 42.5 Å². The molecule has 1 atom stereocenters. The van der Waals surface area contributed by atoms with E-state index < -0.39 is 15.7 Å². The molecule has 0 fully saturated rings. The summed E-state index contributed by atoms with van der Waals surface area (Å²) in [6, 6.07) is 11.9. The average Bonchev–Trinajstić information content (AvgIpc) is 2.47. The van der Waals surface area contributed by atoms with Crippen molar-refractivity contribution in [2.24, 2.45) is 0 Å². The topological polar surface area (TPSA) is 72.2 Å². The van der Waals surface area contributed by atoms with Crippen LogP contribution < -0.4 is 5.32 Å². The second-order valence-corrected chi connectivity index (χ2v) is 6.61. The molecule has 2 aromatic rings. The van der Waals surface area contributed by atoms with Crippen LogP contribution in [0.1, 0.15) is 11.1 Å². The second-order valence-electron chi connectivity index (χ2n) is 4.77. The van der Waals surface area contributed by atoms with Gasteiger partial charge in [-0.1, -0.05) is 35.9 Å². The summed E-state index contributed by atoms with van der Waals surface area (Å²) >= 11 is 6.13. The minimum Gasteiger partial charge on any atom is -0.379 e. The van der Waals surface area contributed by atoms with Crippen LogP contribution in [0.2, 0.25) is 5.02 Å². The highest BCUT2D eigenvalue weighted by molar-refractivity contribution is 7.83. The average molecular weight is 339 g/mol. The summed E-state index contributed by atoms with van der Waals surface area (Å²) in [7, 11) is -0.941. The fourth-order valence-electron chi connectivity index (χ4n) is 2.06. The summed E-state index contributed by atoms with van der Waals surface area (Å²) in [5.74, 6) is 0.442. The number of para-hydroxylation sites is 1. The molecule has 0 amide bonds. The van der Waals surface area contributed by atoms with Crippen molar-refractivity contribution in [3.8, 4) is 0 Å². The second kappa shape index (κ2) is 7.38. The lowest BCUT2D eigenvalue weighted by atomic mass is 10.1. The predicted molar refractivity (Wildman–Crippen MR) is 89.6 cm³/mol. The maximum atomic E-state index is 11.3. The number of hydrogen-bond acceptors (Lipinski definition) is 4. The standard InChI is InChI=1S/C15H15ClN2O3S/c1-22(21)10-11-6-7-13(16)14(8-11)17-9-12-4-2-3-5-15(12)18(19)20/h2-8,17H,9-10H2,1H3. The molecular formula is C15H15ClN2O3S. The van der Waals surface area contributed by atoms with Gasteiger partial charge in [-0.15, -0.1) is 0 Å². The fraction of sp³-hybridized carbons (Fsp3) is 0.200. The molecular weight excluding hydrogens is 324 g/mol. The zero-order valence-electron chi connectivity index (χ0n) is 11.9. The first-order chi connectivity index (χ1) is 10.5. The van der Waals surface area contributed by atoms with Crippen LogP contribution in [-0.2, 0) is 23.1 Å². The Labute approximate surface area is 135 Å². The van der Waals surface area contributed by atoms with Gasteiger partial charge in [-0.25, -0.2) is 0 Å². The van der Waals surface area contributed by atoms with Crippen molar-refractivity contribution in [1.82, 2.24) is 0 Å². The van der Waals surface area contributed by atoms with E-state index in [4.69, 9.17) is 11.6 Å². The van der Waals surface area contributed by atoms with Gasteiger partial charge >= 0.3 is 0 Å². The molecule has 0 aliphatic carbocycles. The summed E-state index contributed by atoms with van der Waals surface area (Å²) in [5.41, 5.74) is 2.21. The van der Waals surface area contributed by atoms with Gasteiger partial charge in [-0.2, -0.15) is 0 Å². The monoisotopic (exact) mass is 338 g/mol. The van der Waals surface area contributed by atoms with Gasteiger partial charge in [0.15, 0.2) is 0 Å². The highest BCUT2D eigenvalue weighted by Crippen LogP contribution is 2.26. The maximum absolute atomic E-state index is 11.3. The normalized spacial score (nSPS) is 11.9. The molecule has 0 saturated heterocycles. The van der Waals surface area contributed by atoms with E-state index in [-0.39, 0.29) is 12.2 Å². The molecule has 0 spiro atoms. The number of anilines is 1. The van der Waals surface area contributed by atoms with E-state index in [2.05, 4.69) is 5.32 Å². The molecule has 1 unspecified atom stereocenters. The van der Waals surface area contributed by atoms with E-state index in [0.29, 0.717) is 22.0 Å². The first-order valence-electron chi connectivity index (χ1n) is 6.52. The van der Waals surface area contributed by atoms with Crippen LogP contribution in [0, 0.1) is 10.1 Å². The molecule has 7 heteroatoms. The number of nitrogens with one attached hydrogen (secondary N) is 1. The van der Waals surface area contributed by atoms with Crippen LogP contribution in [0.3, 0.4) is 0 Å². The maximum Gasteiger partial charge on any atom is 0.274 e. The zero-order valence-corrected chi connectivity index (χ0v) is 13.5. The number of nitrogens with zero attached hydrogens (tertiary/aromatic N) is 1. The quantitative estimate of drug-likeness (QED) is 0.643. The van der Waals surface area contributed by atoms with Gasteiger partial charge in [0.05, 0.1) is 15.6 Å². The molecule has 0 radical (unpaired) electrons. The minimum atomic E-state index is -0.941. The third-order valence-corrected chi connectivity index (χ3v) is 4.13. The van der Waals surface area contributed by atoms with E-state index in [1.807, 2.05) is 12.1 Å². The van der Waals surface area contributed by atoms with Crippen molar-refractivity contribution in [3.05, 3.63) is 68.7 Å². The first-order valence-corrected chi connectivity index (χ1v) is 8.62. The van der Waals surface area contributed by atoms with Crippen LogP contribution in [0.4, 0.5) is 11.4 Å². The van der Waals surface area contributed by atoms with Crippen LogP contribution in [0.5, 0.6) is 0 Å². The van der Waals surface area contributed by atoms with Gasteiger partial charge in [-0.3, -0.25) is 14.3 Å². The Hall–Kier alpha value is -1.92. The molecule has 0 saturated carbocycles. The van der Waals surface area contributed by atoms with Gasteiger partial charge in [0.2, 0.25) is 0 Å². The number of benzene rings is 2. The van der Waals surface area contributed by atoms with Crippen LogP contribution >= 0.6 is 11.6 Å². The molecule has 116 valence electrons. The SMILES string of the molecule is CS(=O)Cc1ccc(Cl)c(NCc2ccccc2[N+](=O)[O-])c1. The Bertz CT molecular complexity index is 722. The molecule has 2 aromatic carbocycles. The number of halogens is 1. The van der Waals surface area contributed by atoms with Crippen molar-refractivity contribution >= 4 is 33.8 Å². The lowest BCUT2D eigenvalue weighted by molar-refractivity contribution is -0.385. The van der Waals surface area contributed by atoms with Gasteiger partial charge in [0, 0.05) is 41.0 Å². The van der Waals surface area contributed by atoms with Gasteiger partial charge in [-0.05, 0) is 17.7 Å². The Morgan fingerprint density at radius 3 is 2.68 bits per heavy atom. The minimum absolute atomic E-state index is 0.0666. The third-order valence-electron chi connectivity index (χ3n) is 3.06. The Morgan fingerprint density at radius 1 is 1.27 bits per heavy atom. The molecule has 1 N–H and O–H groups in total. The fourth-order valence-corrected chi connectivity index (χ4v) is 2.89. The molecule has 22 heavy (non-hydrogen) atoms. The summed E-state index contributed by atoms with van der Waals surface area (Å²) in [6.45, 7) is 0.287. The molecule has 5 nitrogen and oxygen atoms in total. The largest absolute Gasteiger partial charge is 0.379 e. The molecule has 0 aromatic heterocycles. The van der Waals surface area contributed by atoms with E-state index in [0.717, 1.165) is 5.56 Å². The highest BCUT2D eigenvalue weighted by Gasteiger charge is 2.12. The van der Waals surface area contributed by atoms with E-state index >= 15 is 0 Å². The van der Waals surface area contributed by atoms with E-state index in [1.54, 1.807) is 30.5 Å². The van der Waals surface area contributed by atoms with Crippen LogP contribution in [-0.4, -0.2) is 15.4 Å². The first kappa shape index (κ1) is 16.5. The molecule has 0 aliphatic rings. The number of nitro groups is 1. The number of rotatable bonds is 6. The zero-order chi connectivity index (χ0) is 16.1. The third kappa shape index (κ3) is 4.29. The van der Waals surface area contributed by atoms with Crippen molar-refractivity contribution in [2.75, 3.05) is 11.6 Å². The highest BCUT2D eigenvalue weighted by atomic mass is 35.5. The van der Waals surface area contributed by atoms with Gasteiger partial charge in [0.1, 0.15) is 0 Å². The van der Waals surface area contributed by atoms with E-state index in [1.165, 1.54) is 6.07 Å². The van der Waals surface area contributed by atoms with Crippen molar-refractivity contribution < 1.29 is 9.13 Å². The van der Waals surface area contributed by atoms with Crippen LogP contribution in [0.25, 0.3) is 0 Å². The smallest absolute Gasteiger partial charge is 0.274 e. The Morgan fingerprint density at radius 2 is 2.00 bits per heavy atom. The lowest BCUT2D eigenvalue weighted by Gasteiger charge is -2.10. The number of hydrogen-bond donors (Lipinski definition) is 1. The van der Waals surface area contributed by atoms with E-state index in [9.17, 15) is 14.3 Å². The summed E-state index contributed by atoms with van der Waals surface area (Å²) in [5, 5.41) is 14.6. The van der Waals surface area contributed by atoms with Crippen molar-refractivity contribution in [3.63, 3.8) is 0 Å². The molecule has 2 rings (SSSR count). The Balaban J connectivity index is 2.18. The molecule has 0 heterocycles. The summed E-state index contributed by atoms with van der Waals surface area (Å²) in [4.78, 5) is 10.6. The lowest BCUT2D eigenvalue weighted by Crippen LogP contribution is -2.04. The summed E-state index contributed by atoms with van der Waals surface area (Å²) in [6.07, 6.45) is 1.63. The number of nitro benzene ring substituents is 1. The molecule has 0 aliphatic heterocycles. The Kier molecular flexibility index (Phi) is 5.51. The predicted octanol–water partition coefficient (Wildman–Crippen LogP) is 3.74. The van der Waals surface area contributed by atoms with Gasteiger partial charge < -0.3 is 5.32 Å². The van der Waals surface area contributed by atoms with Crippen molar-refractivity contribution in [2.45, 2.75) is 12.3 Å².